The van der Waals surface area contributed by atoms with Gasteiger partial charge in [0.25, 0.3) is 0 Å². The summed E-state index contributed by atoms with van der Waals surface area (Å²) in [6.45, 7) is 19.7. The van der Waals surface area contributed by atoms with Gasteiger partial charge >= 0.3 is 0 Å². The highest BCUT2D eigenvalue weighted by molar-refractivity contribution is 4.77. The molecular weight excluding hydrogens is 328 g/mol. The van der Waals surface area contributed by atoms with Crippen LogP contribution in [-0.4, -0.2) is 36.8 Å². The maximum Gasteiger partial charge on any atom is 0.163 e. The molecule has 0 bridgehead atoms. The fourth-order valence-electron chi connectivity index (χ4n) is 2.31. The SMILES string of the molecule is CCC(C)(C)OC(OCCCCCCOC(C)C(C)([O])CC)C(C)(C)C. The Morgan fingerprint density at radius 1 is 0.769 bits per heavy atom. The van der Waals surface area contributed by atoms with Crippen molar-refractivity contribution in [2.75, 3.05) is 13.2 Å². The molecule has 0 aromatic carbocycles. The maximum atomic E-state index is 12.1. The summed E-state index contributed by atoms with van der Waals surface area (Å²) in [7, 11) is 0. The minimum atomic E-state index is -0.984. The first-order valence-corrected chi connectivity index (χ1v) is 10.5. The Labute approximate surface area is 163 Å². The van der Waals surface area contributed by atoms with E-state index in [9.17, 15) is 5.11 Å². The summed E-state index contributed by atoms with van der Waals surface area (Å²) in [6, 6.07) is 0. The lowest BCUT2D eigenvalue weighted by molar-refractivity contribution is -0.243. The Morgan fingerprint density at radius 2 is 1.27 bits per heavy atom. The van der Waals surface area contributed by atoms with E-state index in [0.29, 0.717) is 19.6 Å². The van der Waals surface area contributed by atoms with Crippen LogP contribution in [0.4, 0.5) is 0 Å². The van der Waals surface area contributed by atoms with Crippen molar-refractivity contribution in [2.24, 2.45) is 5.41 Å². The summed E-state index contributed by atoms with van der Waals surface area (Å²) in [5.41, 5.74) is -1.19. The molecule has 4 nitrogen and oxygen atoms in total. The van der Waals surface area contributed by atoms with Gasteiger partial charge in [0, 0.05) is 18.6 Å². The Hall–Kier alpha value is -0.160. The average Bonchev–Trinajstić information content (AvgIpc) is 2.54. The third-order valence-electron chi connectivity index (χ3n) is 5.22. The van der Waals surface area contributed by atoms with Gasteiger partial charge in [0.15, 0.2) is 6.29 Å². The van der Waals surface area contributed by atoms with Gasteiger partial charge < -0.3 is 14.2 Å². The van der Waals surface area contributed by atoms with Crippen LogP contribution in [-0.2, 0) is 19.3 Å². The largest absolute Gasteiger partial charge is 0.375 e. The number of unbranched alkanes of at least 4 members (excludes halogenated alkanes) is 3. The molecule has 0 spiro atoms. The van der Waals surface area contributed by atoms with Crippen LogP contribution in [0.25, 0.3) is 0 Å². The average molecular weight is 374 g/mol. The van der Waals surface area contributed by atoms with Gasteiger partial charge in [-0.1, -0.05) is 47.5 Å². The summed E-state index contributed by atoms with van der Waals surface area (Å²) in [5.74, 6) is 0. The van der Waals surface area contributed by atoms with Gasteiger partial charge in [0.1, 0.15) is 5.60 Å². The van der Waals surface area contributed by atoms with Crippen LogP contribution < -0.4 is 0 Å². The Morgan fingerprint density at radius 3 is 1.69 bits per heavy atom. The van der Waals surface area contributed by atoms with Crippen LogP contribution in [0.1, 0.15) is 101 Å². The van der Waals surface area contributed by atoms with Crippen molar-refractivity contribution >= 4 is 0 Å². The van der Waals surface area contributed by atoms with Crippen LogP contribution >= 0.6 is 0 Å². The minimum absolute atomic E-state index is 0.0410. The number of hydrogen-bond acceptors (Lipinski definition) is 3. The van der Waals surface area contributed by atoms with Gasteiger partial charge in [-0.25, -0.2) is 5.11 Å². The molecule has 4 heteroatoms. The topological polar surface area (TPSA) is 47.6 Å². The van der Waals surface area contributed by atoms with Gasteiger partial charge in [-0.05, 0) is 53.4 Å². The molecule has 3 atom stereocenters. The van der Waals surface area contributed by atoms with Gasteiger partial charge in [-0.15, -0.1) is 0 Å². The van der Waals surface area contributed by atoms with E-state index in [4.69, 9.17) is 14.2 Å². The summed E-state index contributed by atoms with van der Waals surface area (Å²) >= 11 is 0. The highest BCUT2D eigenvalue weighted by Gasteiger charge is 2.32. The molecule has 3 unspecified atom stereocenters. The Balaban J connectivity index is 3.96. The van der Waals surface area contributed by atoms with Crippen LogP contribution in [0, 0.1) is 5.41 Å². The van der Waals surface area contributed by atoms with E-state index in [0.717, 1.165) is 32.1 Å². The van der Waals surface area contributed by atoms with E-state index in [1.807, 2.05) is 13.8 Å². The highest BCUT2D eigenvalue weighted by Crippen LogP contribution is 2.29. The van der Waals surface area contributed by atoms with E-state index in [1.165, 1.54) is 0 Å². The van der Waals surface area contributed by atoms with E-state index >= 15 is 0 Å². The van der Waals surface area contributed by atoms with Gasteiger partial charge in [0.2, 0.25) is 0 Å². The molecule has 0 saturated carbocycles. The molecule has 1 radical (unpaired) electrons. The minimum Gasteiger partial charge on any atom is -0.375 e. The van der Waals surface area contributed by atoms with Gasteiger partial charge in [0.05, 0.1) is 11.7 Å². The highest BCUT2D eigenvalue weighted by atomic mass is 16.7. The lowest BCUT2D eigenvalue weighted by atomic mass is 9.95. The van der Waals surface area contributed by atoms with Crippen LogP contribution in [0.5, 0.6) is 0 Å². The van der Waals surface area contributed by atoms with E-state index < -0.39 is 5.60 Å². The second-order valence-electron chi connectivity index (χ2n) is 9.39. The molecule has 0 amide bonds. The molecule has 0 rings (SSSR count). The van der Waals surface area contributed by atoms with Crippen molar-refractivity contribution in [3.05, 3.63) is 0 Å². The van der Waals surface area contributed by atoms with Gasteiger partial charge in [-0.3, -0.25) is 0 Å². The van der Waals surface area contributed by atoms with Crippen molar-refractivity contribution in [1.29, 1.82) is 0 Å². The molecule has 26 heavy (non-hydrogen) atoms. The molecule has 157 valence electrons. The first kappa shape index (κ1) is 25.8. The normalized spacial score (nSPS) is 17.8. The predicted molar refractivity (Wildman–Crippen MR) is 108 cm³/mol. The quantitative estimate of drug-likeness (QED) is 0.271. The summed E-state index contributed by atoms with van der Waals surface area (Å²) < 4.78 is 17.9. The zero-order valence-electron chi connectivity index (χ0n) is 18.9. The molecular formula is C22H45O4. The molecule has 0 fully saturated rings. The van der Waals surface area contributed by atoms with Crippen LogP contribution in [0.15, 0.2) is 0 Å². The first-order chi connectivity index (χ1) is 11.9. The molecule has 0 heterocycles. The van der Waals surface area contributed by atoms with Crippen molar-refractivity contribution in [3.8, 4) is 0 Å². The van der Waals surface area contributed by atoms with Crippen molar-refractivity contribution in [3.63, 3.8) is 0 Å². The smallest absolute Gasteiger partial charge is 0.163 e. The molecule has 0 N–H and O–H groups in total. The zero-order chi connectivity index (χ0) is 20.4. The Kier molecular flexibility index (Phi) is 11.6. The molecule has 0 aromatic heterocycles. The lowest BCUT2D eigenvalue weighted by Crippen LogP contribution is -2.39. The number of hydrogen-bond donors (Lipinski definition) is 0. The zero-order valence-corrected chi connectivity index (χ0v) is 18.9. The fourth-order valence-corrected chi connectivity index (χ4v) is 2.31. The predicted octanol–water partition coefficient (Wildman–Crippen LogP) is 6.15. The van der Waals surface area contributed by atoms with Crippen molar-refractivity contribution < 1.29 is 19.3 Å². The Bertz CT molecular complexity index is 358. The molecule has 0 aliphatic rings. The number of ether oxygens (including phenoxy) is 3. The van der Waals surface area contributed by atoms with Crippen molar-refractivity contribution in [2.45, 2.75) is 124 Å². The van der Waals surface area contributed by atoms with E-state index in [2.05, 4.69) is 41.5 Å². The van der Waals surface area contributed by atoms with Crippen LogP contribution in [0.3, 0.4) is 0 Å². The van der Waals surface area contributed by atoms with E-state index in [1.54, 1.807) is 6.92 Å². The first-order valence-electron chi connectivity index (χ1n) is 10.5. The second kappa shape index (κ2) is 11.6. The summed E-state index contributed by atoms with van der Waals surface area (Å²) in [5, 5.41) is 12.1. The van der Waals surface area contributed by atoms with Crippen molar-refractivity contribution in [1.82, 2.24) is 0 Å². The molecule has 0 saturated heterocycles. The third kappa shape index (κ3) is 10.9. The molecule has 0 aliphatic heterocycles. The molecule has 0 aliphatic carbocycles. The second-order valence-corrected chi connectivity index (χ2v) is 9.39. The summed E-state index contributed by atoms with van der Waals surface area (Å²) in [6.07, 6.45) is 5.35. The van der Waals surface area contributed by atoms with Crippen LogP contribution in [0.2, 0.25) is 0 Å². The maximum absolute atomic E-state index is 12.1. The molecule has 0 aromatic rings. The van der Waals surface area contributed by atoms with Gasteiger partial charge in [-0.2, -0.15) is 0 Å². The number of rotatable bonds is 14. The van der Waals surface area contributed by atoms with E-state index in [-0.39, 0.29) is 23.4 Å². The third-order valence-corrected chi connectivity index (χ3v) is 5.22. The monoisotopic (exact) mass is 373 g/mol. The lowest BCUT2D eigenvalue weighted by Gasteiger charge is -2.37. The summed E-state index contributed by atoms with van der Waals surface area (Å²) in [4.78, 5) is 0. The standard InChI is InChI=1S/C22H45O4/c1-10-21(7,8)26-19(20(4,5)6)25-17-15-13-12-14-16-24-18(3)22(9,23)11-2/h18-19H,10-17H2,1-9H3. The fraction of sp³-hybridized carbons (Fsp3) is 1.00.